The number of nitrogens with zero attached hydrogens (tertiary/aromatic N) is 1. The van der Waals surface area contributed by atoms with Crippen molar-refractivity contribution in [3.63, 3.8) is 0 Å². The van der Waals surface area contributed by atoms with Crippen LogP contribution in [0.25, 0.3) is 0 Å². The minimum Gasteiger partial charge on any atom is -0.378 e. The van der Waals surface area contributed by atoms with Gasteiger partial charge in [-0.1, -0.05) is 12.1 Å². The Bertz CT molecular complexity index is 214. The van der Waals surface area contributed by atoms with Crippen molar-refractivity contribution in [3.05, 3.63) is 29.8 Å². The zero-order chi connectivity index (χ0) is 9.14. The molecule has 0 spiro atoms. The van der Waals surface area contributed by atoms with Gasteiger partial charge in [0.2, 0.25) is 0 Å². The molecule has 66 valence electrons. The molecule has 1 aromatic carbocycles. The fraction of sp³-hybridized carbons (Fsp3) is 0.333. The van der Waals surface area contributed by atoms with Crippen LogP contribution in [0.2, 0.25) is 0 Å². The smallest absolute Gasteiger partial charge is 0.132 e. The lowest BCUT2D eigenvalue weighted by Crippen LogP contribution is -2.08. The summed E-state index contributed by atoms with van der Waals surface area (Å²) in [4.78, 5) is 1.60. The minimum absolute atomic E-state index is 0.429. The first-order valence-electron chi connectivity index (χ1n) is 3.66. The highest BCUT2D eigenvalue weighted by molar-refractivity contribution is 6.44. The molecule has 0 N–H and O–H groups in total. The van der Waals surface area contributed by atoms with Crippen LogP contribution >= 0.6 is 23.2 Å². The zero-order valence-electron chi connectivity index (χ0n) is 7.09. The molecule has 0 radical (unpaired) electrons. The molecule has 0 aliphatic rings. The van der Waals surface area contributed by atoms with E-state index in [4.69, 9.17) is 23.2 Å². The van der Waals surface area contributed by atoms with Gasteiger partial charge in [0.05, 0.1) is 0 Å². The number of anilines is 1. The lowest BCUT2D eigenvalue weighted by Gasteiger charge is -2.12. The van der Waals surface area contributed by atoms with Gasteiger partial charge in [0.25, 0.3) is 0 Å². The zero-order valence-corrected chi connectivity index (χ0v) is 8.60. The van der Waals surface area contributed by atoms with E-state index in [-0.39, 0.29) is 0 Å². The van der Waals surface area contributed by atoms with Crippen LogP contribution in [0.3, 0.4) is 0 Å². The van der Waals surface area contributed by atoms with Crippen molar-refractivity contribution in [2.45, 2.75) is 4.84 Å². The summed E-state index contributed by atoms with van der Waals surface area (Å²) in [7, 11) is 3.99. The average molecular weight is 204 g/mol. The van der Waals surface area contributed by atoms with Crippen molar-refractivity contribution < 1.29 is 0 Å². The third-order valence-corrected chi connectivity index (χ3v) is 2.17. The molecule has 0 heterocycles. The summed E-state index contributed by atoms with van der Waals surface area (Å²) in [5, 5.41) is 0. The van der Waals surface area contributed by atoms with Crippen LogP contribution in [0, 0.1) is 0 Å². The van der Waals surface area contributed by atoms with Crippen molar-refractivity contribution in [3.8, 4) is 0 Å². The van der Waals surface area contributed by atoms with Crippen molar-refractivity contribution in [1.82, 2.24) is 0 Å². The largest absolute Gasteiger partial charge is 0.378 e. The van der Waals surface area contributed by atoms with E-state index in [0.717, 1.165) is 11.3 Å². The van der Waals surface area contributed by atoms with E-state index >= 15 is 0 Å². The van der Waals surface area contributed by atoms with Gasteiger partial charge in [0, 0.05) is 19.8 Å². The maximum absolute atomic E-state index is 5.69. The van der Waals surface area contributed by atoms with Crippen molar-refractivity contribution in [1.29, 1.82) is 0 Å². The molecule has 12 heavy (non-hydrogen) atoms. The summed E-state index contributed by atoms with van der Waals surface area (Å²) in [6.45, 7) is 0. The monoisotopic (exact) mass is 203 g/mol. The second-order valence-corrected chi connectivity index (χ2v) is 3.88. The molecule has 1 rings (SSSR count). The Hall–Kier alpha value is -0.400. The number of hydrogen-bond acceptors (Lipinski definition) is 1. The van der Waals surface area contributed by atoms with E-state index in [1.165, 1.54) is 0 Å². The Morgan fingerprint density at radius 1 is 1.08 bits per heavy atom. The van der Waals surface area contributed by atoms with Gasteiger partial charge in [-0.05, 0) is 17.7 Å². The number of alkyl halides is 2. The van der Waals surface area contributed by atoms with Crippen LogP contribution < -0.4 is 4.90 Å². The summed E-state index contributed by atoms with van der Waals surface area (Å²) >= 11 is 11.4. The van der Waals surface area contributed by atoms with Crippen LogP contribution in [-0.2, 0) is 0 Å². The average Bonchev–Trinajstić information content (AvgIpc) is 2.04. The molecule has 0 aliphatic carbocycles. The molecule has 0 saturated carbocycles. The van der Waals surface area contributed by atoms with Gasteiger partial charge in [0.15, 0.2) is 0 Å². The Balaban J connectivity index is 2.86. The SMILES string of the molecule is CN(C)c1ccc(C(Cl)Cl)cc1. The maximum Gasteiger partial charge on any atom is 0.132 e. The molecule has 0 fully saturated rings. The first-order chi connectivity index (χ1) is 5.61. The first-order valence-corrected chi connectivity index (χ1v) is 4.54. The summed E-state index contributed by atoms with van der Waals surface area (Å²) in [6, 6.07) is 7.85. The van der Waals surface area contributed by atoms with Gasteiger partial charge in [-0.3, -0.25) is 0 Å². The molecular weight excluding hydrogens is 193 g/mol. The lowest BCUT2D eigenvalue weighted by atomic mass is 10.2. The standard InChI is InChI=1S/C9H11Cl2N/c1-12(2)8-5-3-7(4-6-8)9(10)11/h3-6,9H,1-2H3. The number of rotatable bonds is 2. The molecule has 0 aliphatic heterocycles. The van der Waals surface area contributed by atoms with E-state index in [9.17, 15) is 0 Å². The number of hydrogen-bond donors (Lipinski definition) is 0. The molecular formula is C9H11Cl2N. The van der Waals surface area contributed by atoms with Gasteiger partial charge in [0.1, 0.15) is 4.84 Å². The normalized spacial score (nSPS) is 10.4. The van der Waals surface area contributed by atoms with E-state index < -0.39 is 4.84 Å². The fourth-order valence-corrected chi connectivity index (χ4v) is 1.21. The van der Waals surface area contributed by atoms with Gasteiger partial charge in [-0.2, -0.15) is 0 Å². The Morgan fingerprint density at radius 3 is 1.92 bits per heavy atom. The van der Waals surface area contributed by atoms with Crippen LogP contribution in [0.5, 0.6) is 0 Å². The molecule has 0 saturated heterocycles. The van der Waals surface area contributed by atoms with Crippen molar-refractivity contribution >= 4 is 28.9 Å². The van der Waals surface area contributed by atoms with E-state index in [2.05, 4.69) is 0 Å². The Labute approximate surface area is 82.9 Å². The van der Waals surface area contributed by atoms with Crippen LogP contribution in [-0.4, -0.2) is 14.1 Å². The summed E-state index contributed by atoms with van der Waals surface area (Å²) in [6.07, 6.45) is 0. The van der Waals surface area contributed by atoms with E-state index in [1.54, 1.807) is 0 Å². The van der Waals surface area contributed by atoms with Gasteiger partial charge < -0.3 is 4.90 Å². The molecule has 0 atom stereocenters. The summed E-state index contributed by atoms with van der Waals surface area (Å²) in [5.41, 5.74) is 2.08. The molecule has 1 nitrogen and oxygen atoms in total. The molecule has 0 amide bonds. The summed E-state index contributed by atoms with van der Waals surface area (Å²) < 4.78 is 0. The third kappa shape index (κ3) is 2.29. The van der Waals surface area contributed by atoms with Crippen molar-refractivity contribution in [2.24, 2.45) is 0 Å². The number of benzene rings is 1. The minimum atomic E-state index is -0.429. The molecule has 0 bridgehead atoms. The van der Waals surface area contributed by atoms with Gasteiger partial charge in [-0.15, -0.1) is 23.2 Å². The highest BCUT2D eigenvalue weighted by Crippen LogP contribution is 2.25. The van der Waals surface area contributed by atoms with Crippen LogP contribution in [0.4, 0.5) is 5.69 Å². The summed E-state index contributed by atoms with van der Waals surface area (Å²) in [5.74, 6) is 0. The molecule has 1 aromatic rings. The second-order valence-electron chi connectivity index (χ2n) is 2.79. The quantitative estimate of drug-likeness (QED) is 0.668. The maximum atomic E-state index is 5.69. The topological polar surface area (TPSA) is 3.24 Å². The Morgan fingerprint density at radius 2 is 1.58 bits per heavy atom. The van der Waals surface area contributed by atoms with Gasteiger partial charge >= 0.3 is 0 Å². The molecule has 0 unspecified atom stereocenters. The predicted molar refractivity (Wildman–Crippen MR) is 55.2 cm³/mol. The Kier molecular flexibility index (Phi) is 3.24. The fourth-order valence-electron chi connectivity index (χ4n) is 0.918. The molecule has 0 aromatic heterocycles. The second kappa shape index (κ2) is 4.01. The lowest BCUT2D eigenvalue weighted by molar-refractivity contribution is 1.13. The van der Waals surface area contributed by atoms with E-state index in [1.807, 2.05) is 43.3 Å². The number of halogens is 2. The van der Waals surface area contributed by atoms with Crippen molar-refractivity contribution in [2.75, 3.05) is 19.0 Å². The van der Waals surface area contributed by atoms with E-state index in [0.29, 0.717) is 0 Å². The van der Waals surface area contributed by atoms with Crippen LogP contribution in [0.1, 0.15) is 10.4 Å². The van der Waals surface area contributed by atoms with Crippen LogP contribution in [0.15, 0.2) is 24.3 Å². The third-order valence-electron chi connectivity index (χ3n) is 1.66. The first kappa shape index (κ1) is 9.69. The van der Waals surface area contributed by atoms with Gasteiger partial charge in [-0.25, -0.2) is 0 Å². The highest BCUT2D eigenvalue weighted by Gasteiger charge is 2.02. The molecule has 3 heteroatoms. The predicted octanol–water partition coefficient (Wildman–Crippen LogP) is 3.23. The highest BCUT2D eigenvalue weighted by atomic mass is 35.5.